The van der Waals surface area contributed by atoms with Crippen molar-refractivity contribution in [1.82, 2.24) is 0 Å². The lowest BCUT2D eigenvalue weighted by atomic mass is 10.3. The Kier molecular flexibility index (Phi) is 3.07. The minimum Gasteiger partial charge on any atom is -0.771 e. The summed E-state index contributed by atoms with van der Waals surface area (Å²) in [7, 11) is 0. The summed E-state index contributed by atoms with van der Waals surface area (Å²) in [5, 5.41) is 2.70. The van der Waals surface area contributed by atoms with E-state index in [1.54, 1.807) is 24.3 Å². The molecule has 0 radical (unpaired) electrons. The fourth-order valence-electron chi connectivity index (χ4n) is 0.743. The van der Waals surface area contributed by atoms with Gasteiger partial charge < -0.3 is 15.6 Å². The van der Waals surface area contributed by atoms with Gasteiger partial charge in [-0.1, -0.05) is 0 Å². The Labute approximate surface area is 73.1 Å². The lowest BCUT2D eigenvalue weighted by Gasteiger charge is -2.08. The van der Waals surface area contributed by atoms with Crippen molar-refractivity contribution >= 4 is 22.5 Å². The summed E-state index contributed by atoms with van der Waals surface area (Å²) in [5.41, 5.74) is 6.83. The number of nitrogens with two attached hydrogens (primary N) is 1. The van der Waals surface area contributed by atoms with Crippen molar-refractivity contribution in [2.75, 3.05) is 16.9 Å². The average molecular weight is 185 g/mol. The summed E-state index contributed by atoms with van der Waals surface area (Å²) in [5.74, 6) is -0.0794. The van der Waals surface area contributed by atoms with Gasteiger partial charge >= 0.3 is 0 Å². The molecule has 0 amide bonds. The van der Waals surface area contributed by atoms with Gasteiger partial charge in [0.1, 0.15) is 0 Å². The zero-order chi connectivity index (χ0) is 8.97. The highest BCUT2D eigenvalue weighted by Crippen LogP contribution is 2.09. The van der Waals surface area contributed by atoms with Crippen molar-refractivity contribution in [3.63, 3.8) is 0 Å². The van der Waals surface area contributed by atoms with Gasteiger partial charge in [0.15, 0.2) is 0 Å². The molecule has 0 heterocycles. The van der Waals surface area contributed by atoms with Gasteiger partial charge in [0.2, 0.25) is 0 Å². The van der Waals surface area contributed by atoms with Gasteiger partial charge in [-0.25, -0.2) is 0 Å². The van der Waals surface area contributed by atoms with Crippen molar-refractivity contribution in [3.8, 4) is 0 Å². The highest BCUT2D eigenvalue weighted by Gasteiger charge is 1.89. The van der Waals surface area contributed by atoms with E-state index in [-0.39, 0.29) is 5.88 Å². The Hall–Kier alpha value is -1.07. The molecule has 1 aromatic carbocycles. The van der Waals surface area contributed by atoms with Crippen LogP contribution in [-0.2, 0) is 11.1 Å². The highest BCUT2D eigenvalue weighted by atomic mass is 32.2. The first-order valence-electron chi connectivity index (χ1n) is 3.34. The van der Waals surface area contributed by atoms with Crippen LogP contribution in [0.25, 0.3) is 0 Å². The maximum Gasteiger partial charge on any atom is 0.0777 e. The molecular formula is C7H9N2O2S-. The van der Waals surface area contributed by atoms with Crippen LogP contribution in [0.3, 0.4) is 0 Å². The Morgan fingerprint density at radius 3 is 2.50 bits per heavy atom. The van der Waals surface area contributed by atoms with Crippen molar-refractivity contribution in [3.05, 3.63) is 24.3 Å². The Morgan fingerprint density at radius 2 is 2.00 bits per heavy atom. The largest absolute Gasteiger partial charge is 0.771 e. The smallest absolute Gasteiger partial charge is 0.0777 e. The lowest BCUT2D eigenvalue weighted by Crippen LogP contribution is -2.06. The molecule has 0 fully saturated rings. The van der Waals surface area contributed by atoms with Gasteiger partial charge in [-0.05, 0) is 35.3 Å². The van der Waals surface area contributed by atoms with Crippen molar-refractivity contribution in [2.45, 2.75) is 0 Å². The first-order valence-corrected chi connectivity index (χ1v) is 4.58. The molecule has 0 spiro atoms. The zero-order valence-electron chi connectivity index (χ0n) is 6.32. The molecule has 0 aliphatic rings. The summed E-state index contributed by atoms with van der Waals surface area (Å²) in [6.07, 6.45) is 0. The summed E-state index contributed by atoms with van der Waals surface area (Å²) in [6.45, 7) is 0. The number of benzene rings is 1. The van der Waals surface area contributed by atoms with Crippen molar-refractivity contribution in [1.29, 1.82) is 0 Å². The molecule has 0 aromatic heterocycles. The van der Waals surface area contributed by atoms with E-state index in [1.807, 2.05) is 0 Å². The van der Waals surface area contributed by atoms with Crippen LogP contribution in [0, 0.1) is 0 Å². The summed E-state index contributed by atoms with van der Waals surface area (Å²) < 4.78 is 20.3. The number of nitrogen functional groups attached to an aromatic ring is 1. The molecule has 0 saturated heterocycles. The zero-order valence-corrected chi connectivity index (χ0v) is 7.14. The average Bonchev–Trinajstić information content (AvgIpc) is 2.03. The molecule has 0 aliphatic carbocycles. The van der Waals surface area contributed by atoms with E-state index in [4.69, 9.17) is 5.73 Å². The predicted molar refractivity (Wildman–Crippen MR) is 48.3 cm³/mol. The molecule has 1 rings (SSSR count). The third-order valence-corrected chi connectivity index (χ3v) is 1.68. The van der Waals surface area contributed by atoms with E-state index >= 15 is 0 Å². The standard InChI is InChI=1S/C7H10N2O2S/c8-6-1-3-7(4-2-6)9-5-12(10)11/h1-4,9H,5,8H2,(H,10,11)/p-1. The number of rotatable bonds is 3. The van der Waals surface area contributed by atoms with Gasteiger partial charge in [0, 0.05) is 11.4 Å². The third kappa shape index (κ3) is 2.89. The van der Waals surface area contributed by atoms with E-state index in [1.165, 1.54) is 0 Å². The first-order chi connectivity index (χ1) is 5.68. The van der Waals surface area contributed by atoms with Gasteiger partial charge in [0.05, 0.1) is 5.88 Å². The molecule has 1 aromatic rings. The molecule has 0 bridgehead atoms. The Morgan fingerprint density at radius 1 is 1.42 bits per heavy atom. The molecule has 4 nitrogen and oxygen atoms in total. The van der Waals surface area contributed by atoms with Crippen molar-refractivity contribution in [2.24, 2.45) is 0 Å². The summed E-state index contributed by atoms with van der Waals surface area (Å²) >= 11 is -2.06. The first kappa shape index (κ1) is 9.02. The fraction of sp³-hybridized carbons (Fsp3) is 0.143. The predicted octanol–water partition coefficient (Wildman–Crippen LogP) is 0.517. The molecule has 66 valence electrons. The normalized spacial score (nSPS) is 12.4. The number of anilines is 2. The van der Waals surface area contributed by atoms with Crippen LogP contribution in [0.2, 0.25) is 0 Å². The monoisotopic (exact) mass is 185 g/mol. The van der Waals surface area contributed by atoms with E-state index < -0.39 is 11.1 Å². The molecule has 0 saturated carbocycles. The van der Waals surface area contributed by atoms with Crippen LogP contribution >= 0.6 is 0 Å². The van der Waals surface area contributed by atoms with Gasteiger partial charge in [-0.2, -0.15) is 0 Å². The molecule has 3 N–H and O–H groups in total. The topological polar surface area (TPSA) is 78.2 Å². The van der Waals surface area contributed by atoms with Crippen LogP contribution in [0.1, 0.15) is 0 Å². The lowest BCUT2D eigenvalue weighted by molar-refractivity contribution is 0.539. The SMILES string of the molecule is Nc1ccc(NCS(=O)[O-])cc1. The summed E-state index contributed by atoms with van der Waals surface area (Å²) in [6, 6.07) is 6.86. The van der Waals surface area contributed by atoms with Crippen LogP contribution in [0.15, 0.2) is 24.3 Å². The Bertz CT molecular complexity index is 273. The van der Waals surface area contributed by atoms with E-state index in [0.29, 0.717) is 5.69 Å². The number of hydrogen-bond donors (Lipinski definition) is 2. The number of hydrogen-bond acceptors (Lipinski definition) is 4. The summed E-state index contributed by atoms with van der Waals surface area (Å²) in [4.78, 5) is 0. The van der Waals surface area contributed by atoms with Gasteiger partial charge in [-0.3, -0.25) is 4.21 Å². The van der Waals surface area contributed by atoms with E-state index in [2.05, 4.69) is 5.32 Å². The molecule has 5 heteroatoms. The quantitative estimate of drug-likeness (QED) is 0.531. The molecule has 1 atom stereocenters. The maximum atomic E-state index is 10.2. The van der Waals surface area contributed by atoms with E-state index in [9.17, 15) is 8.76 Å². The number of nitrogens with one attached hydrogen (secondary N) is 1. The fourth-order valence-corrected chi connectivity index (χ4v) is 1.03. The van der Waals surface area contributed by atoms with Crippen LogP contribution in [0.4, 0.5) is 11.4 Å². The molecule has 12 heavy (non-hydrogen) atoms. The van der Waals surface area contributed by atoms with Crippen molar-refractivity contribution < 1.29 is 8.76 Å². The van der Waals surface area contributed by atoms with Crippen LogP contribution in [-0.4, -0.2) is 14.6 Å². The second kappa shape index (κ2) is 4.08. The minimum atomic E-state index is -2.06. The highest BCUT2D eigenvalue weighted by molar-refractivity contribution is 7.79. The molecule has 0 aliphatic heterocycles. The second-order valence-electron chi connectivity index (χ2n) is 2.25. The van der Waals surface area contributed by atoms with Crippen LogP contribution < -0.4 is 11.1 Å². The maximum absolute atomic E-state index is 10.2. The second-order valence-corrected chi connectivity index (χ2v) is 3.14. The Balaban J connectivity index is 2.53. The van der Waals surface area contributed by atoms with E-state index in [0.717, 1.165) is 5.69 Å². The molecule has 1 unspecified atom stereocenters. The minimum absolute atomic E-state index is 0.0794. The van der Waals surface area contributed by atoms with Gasteiger partial charge in [-0.15, -0.1) is 0 Å². The third-order valence-electron chi connectivity index (χ3n) is 1.30. The molecular weight excluding hydrogens is 176 g/mol. The van der Waals surface area contributed by atoms with Gasteiger partial charge in [0.25, 0.3) is 0 Å². The van der Waals surface area contributed by atoms with Crippen LogP contribution in [0.5, 0.6) is 0 Å².